The van der Waals surface area contributed by atoms with E-state index in [1.807, 2.05) is 0 Å². The van der Waals surface area contributed by atoms with E-state index in [9.17, 15) is 0 Å². The van der Waals surface area contributed by atoms with Gasteiger partial charge in [0, 0.05) is 0 Å². The van der Waals surface area contributed by atoms with Gasteiger partial charge in [0.1, 0.15) is 12.4 Å². The predicted octanol–water partition coefficient (Wildman–Crippen LogP) is 2.94. The number of unbranched alkanes of at least 4 members (excludes halogenated alkanes) is 6. The van der Waals surface area contributed by atoms with Crippen LogP contribution in [0.2, 0.25) is 0 Å². The van der Waals surface area contributed by atoms with Gasteiger partial charge in [-0.05, 0) is 37.0 Å². The normalized spacial score (nSPS) is 22.0. The van der Waals surface area contributed by atoms with Crippen LogP contribution in [0.25, 0.3) is 0 Å². The Labute approximate surface area is 185 Å². The van der Waals surface area contributed by atoms with E-state index < -0.39 is 0 Å². The molecule has 0 N–H and O–H groups in total. The third-order valence-corrected chi connectivity index (χ3v) is 6.28. The number of hydrogen-bond donors (Lipinski definition) is 0. The fourth-order valence-corrected chi connectivity index (χ4v) is 4.41. The molecule has 0 aromatic carbocycles. The van der Waals surface area contributed by atoms with Crippen LogP contribution >= 0.6 is 0 Å². The highest BCUT2D eigenvalue weighted by molar-refractivity contribution is 4.81. The monoisotopic (exact) mass is 428 g/mol. The molecule has 170 valence electrons. The van der Waals surface area contributed by atoms with E-state index in [2.05, 4.69) is 55.6 Å². The maximum absolute atomic E-state index is 6.33. The number of rotatable bonds is 14. The quantitative estimate of drug-likeness (QED) is 0.336. The van der Waals surface area contributed by atoms with Crippen molar-refractivity contribution < 1.29 is 26.4 Å². The molecular formula is C24H45ClN2O2. The average molecular weight is 429 g/mol. The van der Waals surface area contributed by atoms with Crippen LogP contribution < -0.4 is 17.0 Å². The van der Waals surface area contributed by atoms with Crippen LogP contribution in [0.5, 0.6) is 0 Å². The van der Waals surface area contributed by atoms with Gasteiger partial charge in [-0.3, -0.25) is 0 Å². The number of hydrogen-bond acceptors (Lipinski definition) is 2. The van der Waals surface area contributed by atoms with Gasteiger partial charge in [0.2, 0.25) is 6.33 Å². The van der Waals surface area contributed by atoms with Crippen LogP contribution in [0.3, 0.4) is 0 Å². The van der Waals surface area contributed by atoms with Crippen LogP contribution in [0.15, 0.2) is 18.7 Å². The molecule has 0 unspecified atom stereocenters. The van der Waals surface area contributed by atoms with Gasteiger partial charge < -0.3 is 21.9 Å². The molecule has 0 spiro atoms. The molecule has 1 heterocycles. The minimum absolute atomic E-state index is 0. The van der Waals surface area contributed by atoms with Gasteiger partial charge in [-0.15, -0.1) is 0 Å². The standard InChI is InChI=1S/C24H45N2O2.ClH/c1-5-6-7-8-9-10-11-16-27-19-25-14-15-26(18-25)20-28-24-17-22(4)12-13-23(24)21(2)3;/h14-15,18,21-24H,5-13,16-17,19-20H2,1-4H3;1H/q+1;/p-1/t22-,23+,24-;/m1./s1. The van der Waals surface area contributed by atoms with Crippen molar-refractivity contribution in [2.45, 2.75) is 111 Å². The minimum Gasteiger partial charge on any atom is -1.00 e. The molecule has 2 rings (SSSR count). The lowest BCUT2D eigenvalue weighted by molar-refractivity contribution is -0.732. The second kappa shape index (κ2) is 15.3. The summed E-state index contributed by atoms with van der Waals surface area (Å²) >= 11 is 0. The van der Waals surface area contributed by atoms with Crippen molar-refractivity contribution in [2.75, 3.05) is 6.61 Å². The summed E-state index contributed by atoms with van der Waals surface area (Å²) in [6.07, 6.45) is 19.8. The first-order chi connectivity index (χ1) is 13.6. The summed E-state index contributed by atoms with van der Waals surface area (Å²) in [7, 11) is 0. The predicted molar refractivity (Wildman–Crippen MR) is 115 cm³/mol. The third kappa shape index (κ3) is 10.3. The van der Waals surface area contributed by atoms with E-state index in [4.69, 9.17) is 9.47 Å². The molecule has 0 radical (unpaired) electrons. The summed E-state index contributed by atoms with van der Waals surface area (Å²) in [5.41, 5.74) is 0. The maximum Gasteiger partial charge on any atom is 0.247 e. The first-order valence-corrected chi connectivity index (χ1v) is 11.8. The number of imidazole rings is 1. The van der Waals surface area contributed by atoms with Gasteiger partial charge in [0.15, 0.2) is 13.5 Å². The van der Waals surface area contributed by atoms with Gasteiger partial charge in [-0.1, -0.05) is 72.6 Å². The van der Waals surface area contributed by atoms with E-state index in [0.717, 1.165) is 12.5 Å². The van der Waals surface area contributed by atoms with Crippen LogP contribution in [-0.4, -0.2) is 17.3 Å². The molecule has 1 saturated carbocycles. The molecule has 1 aliphatic carbocycles. The molecule has 5 heteroatoms. The summed E-state index contributed by atoms with van der Waals surface area (Å²) in [5, 5.41) is 0. The molecule has 1 aromatic heterocycles. The summed E-state index contributed by atoms with van der Waals surface area (Å²) in [6.45, 7) is 11.4. The molecule has 0 bridgehead atoms. The number of ether oxygens (including phenoxy) is 2. The Kier molecular flexibility index (Phi) is 13.9. The SMILES string of the molecule is CCCCCCCCCOC[n+]1ccn(CO[C@@H]2C[C@H](C)CC[C@H]2C(C)C)c1.[Cl-]. The topological polar surface area (TPSA) is 27.3 Å². The third-order valence-electron chi connectivity index (χ3n) is 6.28. The zero-order chi connectivity index (χ0) is 20.2. The Balaban J connectivity index is 0.00000420. The van der Waals surface area contributed by atoms with Crippen LogP contribution in [0.1, 0.15) is 91.9 Å². The summed E-state index contributed by atoms with van der Waals surface area (Å²) in [4.78, 5) is 0. The Morgan fingerprint density at radius 2 is 1.79 bits per heavy atom. The number of nitrogens with zero attached hydrogens (tertiary/aromatic N) is 2. The van der Waals surface area contributed by atoms with Crippen LogP contribution in [0.4, 0.5) is 0 Å². The smallest absolute Gasteiger partial charge is 0.247 e. The maximum atomic E-state index is 6.33. The molecule has 0 aliphatic heterocycles. The lowest BCUT2D eigenvalue weighted by Gasteiger charge is -2.36. The van der Waals surface area contributed by atoms with Crippen LogP contribution in [0, 0.1) is 17.8 Å². The summed E-state index contributed by atoms with van der Waals surface area (Å²) < 4.78 is 16.4. The molecule has 1 fully saturated rings. The zero-order valence-corrected chi connectivity index (χ0v) is 20.1. The molecule has 0 saturated heterocycles. The zero-order valence-electron chi connectivity index (χ0n) is 19.3. The Morgan fingerprint density at radius 3 is 2.52 bits per heavy atom. The molecule has 0 amide bonds. The Bertz CT molecular complexity index is 521. The molecule has 1 aliphatic rings. The first kappa shape index (κ1) is 26.5. The van der Waals surface area contributed by atoms with Gasteiger partial charge in [0.05, 0.1) is 12.7 Å². The van der Waals surface area contributed by atoms with E-state index >= 15 is 0 Å². The molecule has 1 aromatic rings. The van der Waals surface area contributed by atoms with E-state index in [1.54, 1.807) is 0 Å². The fourth-order valence-electron chi connectivity index (χ4n) is 4.41. The van der Waals surface area contributed by atoms with Crippen molar-refractivity contribution in [1.82, 2.24) is 4.57 Å². The van der Waals surface area contributed by atoms with Crippen LogP contribution in [-0.2, 0) is 22.9 Å². The van der Waals surface area contributed by atoms with Crippen molar-refractivity contribution in [1.29, 1.82) is 0 Å². The Morgan fingerprint density at radius 1 is 1.07 bits per heavy atom. The van der Waals surface area contributed by atoms with Gasteiger partial charge in [-0.25, -0.2) is 9.13 Å². The molecular weight excluding hydrogens is 384 g/mol. The van der Waals surface area contributed by atoms with Crippen molar-refractivity contribution in [3.8, 4) is 0 Å². The van der Waals surface area contributed by atoms with Gasteiger partial charge in [-0.2, -0.15) is 0 Å². The van der Waals surface area contributed by atoms with E-state index in [1.165, 1.54) is 64.2 Å². The van der Waals surface area contributed by atoms with Gasteiger partial charge in [0.25, 0.3) is 0 Å². The molecule has 3 atom stereocenters. The second-order valence-electron chi connectivity index (χ2n) is 9.26. The second-order valence-corrected chi connectivity index (χ2v) is 9.26. The molecule has 4 nitrogen and oxygen atoms in total. The highest BCUT2D eigenvalue weighted by atomic mass is 35.5. The van der Waals surface area contributed by atoms with Gasteiger partial charge >= 0.3 is 0 Å². The van der Waals surface area contributed by atoms with Crippen molar-refractivity contribution in [2.24, 2.45) is 17.8 Å². The average Bonchev–Trinajstić information content (AvgIpc) is 3.12. The number of halogens is 1. The summed E-state index contributed by atoms with van der Waals surface area (Å²) in [5.74, 6) is 2.19. The van der Waals surface area contributed by atoms with E-state index in [-0.39, 0.29) is 12.4 Å². The highest BCUT2D eigenvalue weighted by Crippen LogP contribution is 2.35. The van der Waals surface area contributed by atoms with Crippen molar-refractivity contribution in [3.63, 3.8) is 0 Å². The minimum atomic E-state index is 0. The fraction of sp³-hybridized carbons (Fsp3) is 0.875. The largest absolute Gasteiger partial charge is 1.00 e. The highest BCUT2D eigenvalue weighted by Gasteiger charge is 2.31. The summed E-state index contributed by atoms with van der Waals surface area (Å²) in [6, 6.07) is 0. The lowest BCUT2D eigenvalue weighted by atomic mass is 9.75. The van der Waals surface area contributed by atoms with Crippen molar-refractivity contribution >= 4 is 0 Å². The Hall–Kier alpha value is -0.580. The first-order valence-electron chi connectivity index (χ1n) is 11.8. The van der Waals surface area contributed by atoms with E-state index in [0.29, 0.717) is 31.4 Å². The lowest BCUT2D eigenvalue weighted by Crippen LogP contribution is -3.00. The number of aromatic nitrogens is 2. The molecule has 29 heavy (non-hydrogen) atoms. The van der Waals surface area contributed by atoms with Crippen molar-refractivity contribution in [3.05, 3.63) is 18.7 Å².